The van der Waals surface area contributed by atoms with E-state index in [2.05, 4.69) is 0 Å². The third kappa shape index (κ3) is 2.49. The topological polar surface area (TPSA) is 63.7 Å². The van der Waals surface area contributed by atoms with Crippen LogP contribution in [-0.2, 0) is 9.59 Å². The van der Waals surface area contributed by atoms with E-state index in [4.69, 9.17) is 4.74 Å². The minimum atomic E-state index is -0.471. The van der Waals surface area contributed by atoms with E-state index in [0.717, 1.165) is 19.3 Å². The van der Waals surface area contributed by atoms with Gasteiger partial charge in [-0.1, -0.05) is 18.2 Å². The van der Waals surface area contributed by atoms with Gasteiger partial charge in [-0.3, -0.25) is 14.5 Å². The highest BCUT2D eigenvalue weighted by Crippen LogP contribution is 2.56. The summed E-state index contributed by atoms with van der Waals surface area (Å²) in [6, 6.07) is 15.4. The van der Waals surface area contributed by atoms with E-state index in [-0.39, 0.29) is 23.7 Å². The minimum absolute atomic E-state index is 0.0724. The maximum Gasteiger partial charge on any atom is 0.343 e. The SMILES string of the molecule is O=C(Oc1ccccc1)c1ccc(N2C(=O)[C@@H]3[C@@H]4CC[C@H](C4)[C@@H]3C2=O)cc1. The van der Waals surface area contributed by atoms with Crippen LogP contribution in [0, 0.1) is 23.7 Å². The third-order valence-electron chi connectivity index (χ3n) is 6.24. The molecule has 1 heterocycles. The molecule has 5 heteroatoms. The van der Waals surface area contributed by atoms with Crippen LogP contribution in [-0.4, -0.2) is 17.8 Å². The second-order valence-corrected chi connectivity index (χ2v) is 7.65. The van der Waals surface area contributed by atoms with Gasteiger partial charge in [0.25, 0.3) is 0 Å². The van der Waals surface area contributed by atoms with Crippen molar-refractivity contribution >= 4 is 23.5 Å². The molecule has 2 bridgehead atoms. The molecule has 0 unspecified atom stereocenters. The van der Waals surface area contributed by atoms with Crippen LogP contribution in [0.5, 0.6) is 5.75 Å². The fraction of sp³-hybridized carbons (Fsp3) is 0.318. The van der Waals surface area contributed by atoms with E-state index >= 15 is 0 Å². The zero-order chi connectivity index (χ0) is 18.5. The molecule has 0 aromatic heterocycles. The fourth-order valence-electron chi connectivity index (χ4n) is 5.06. The number of amides is 2. The normalized spacial score (nSPS) is 28.5. The Bertz CT molecular complexity index is 893. The predicted molar refractivity (Wildman–Crippen MR) is 98.1 cm³/mol. The Morgan fingerprint density at radius 1 is 0.852 bits per heavy atom. The zero-order valence-corrected chi connectivity index (χ0v) is 14.7. The molecule has 5 rings (SSSR count). The molecule has 4 atom stereocenters. The average molecular weight is 361 g/mol. The third-order valence-corrected chi connectivity index (χ3v) is 6.24. The highest BCUT2D eigenvalue weighted by molar-refractivity contribution is 6.22. The van der Waals surface area contributed by atoms with E-state index in [1.54, 1.807) is 48.5 Å². The Kier molecular flexibility index (Phi) is 3.64. The molecule has 2 aromatic rings. The van der Waals surface area contributed by atoms with Gasteiger partial charge in [0, 0.05) is 0 Å². The first kappa shape index (κ1) is 16.2. The molecule has 0 spiro atoms. The van der Waals surface area contributed by atoms with Crippen molar-refractivity contribution in [2.75, 3.05) is 4.90 Å². The van der Waals surface area contributed by atoms with E-state index in [1.165, 1.54) is 4.90 Å². The fourth-order valence-corrected chi connectivity index (χ4v) is 5.06. The second kappa shape index (κ2) is 6.05. The first-order valence-electron chi connectivity index (χ1n) is 9.38. The number of nitrogens with zero attached hydrogens (tertiary/aromatic N) is 1. The number of para-hydroxylation sites is 1. The number of benzene rings is 2. The van der Waals surface area contributed by atoms with E-state index < -0.39 is 5.97 Å². The summed E-state index contributed by atoms with van der Waals surface area (Å²) >= 11 is 0. The lowest BCUT2D eigenvalue weighted by Gasteiger charge is -2.19. The molecule has 136 valence electrons. The molecular weight excluding hydrogens is 342 g/mol. The van der Waals surface area contributed by atoms with Crippen LogP contribution in [0.3, 0.4) is 0 Å². The van der Waals surface area contributed by atoms with Crippen LogP contribution >= 0.6 is 0 Å². The highest BCUT2D eigenvalue weighted by Gasteiger charge is 2.61. The summed E-state index contributed by atoms with van der Waals surface area (Å²) in [5.74, 6) is 0.302. The molecule has 27 heavy (non-hydrogen) atoms. The van der Waals surface area contributed by atoms with Crippen LogP contribution in [0.1, 0.15) is 29.6 Å². The number of hydrogen-bond acceptors (Lipinski definition) is 4. The lowest BCUT2D eigenvalue weighted by atomic mass is 9.81. The summed E-state index contributed by atoms with van der Waals surface area (Å²) in [5.41, 5.74) is 0.914. The van der Waals surface area contributed by atoms with Gasteiger partial charge in [0.05, 0.1) is 23.1 Å². The Balaban J connectivity index is 1.36. The molecule has 1 aliphatic heterocycles. The first-order chi connectivity index (χ1) is 13.1. The van der Waals surface area contributed by atoms with Crippen molar-refractivity contribution in [3.05, 3.63) is 60.2 Å². The molecule has 3 aliphatic rings. The number of imide groups is 1. The van der Waals surface area contributed by atoms with Gasteiger partial charge >= 0.3 is 5.97 Å². The number of esters is 1. The van der Waals surface area contributed by atoms with Crippen molar-refractivity contribution in [2.24, 2.45) is 23.7 Å². The van der Waals surface area contributed by atoms with Gasteiger partial charge in [-0.25, -0.2) is 4.79 Å². The van der Waals surface area contributed by atoms with Crippen LogP contribution in [0.25, 0.3) is 0 Å². The zero-order valence-electron chi connectivity index (χ0n) is 14.7. The Hall–Kier alpha value is -2.95. The number of carbonyl (C=O) groups is 3. The minimum Gasteiger partial charge on any atom is -0.423 e. The second-order valence-electron chi connectivity index (χ2n) is 7.65. The number of rotatable bonds is 3. The van der Waals surface area contributed by atoms with Gasteiger partial charge in [-0.15, -0.1) is 0 Å². The van der Waals surface area contributed by atoms with Crippen LogP contribution in [0.4, 0.5) is 5.69 Å². The molecule has 2 amide bonds. The van der Waals surface area contributed by atoms with Crippen molar-refractivity contribution in [1.82, 2.24) is 0 Å². The number of ether oxygens (including phenoxy) is 1. The molecule has 2 aromatic carbocycles. The highest BCUT2D eigenvalue weighted by atomic mass is 16.5. The van der Waals surface area contributed by atoms with Crippen molar-refractivity contribution < 1.29 is 19.1 Å². The summed E-state index contributed by atoms with van der Waals surface area (Å²) in [4.78, 5) is 39.3. The lowest BCUT2D eigenvalue weighted by Crippen LogP contribution is -2.32. The number of fused-ring (bicyclic) bond motifs is 5. The van der Waals surface area contributed by atoms with Gasteiger partial charge < -0.3 is 4.74 Å². The van der Waals surface area contributed by atoms with Crippen LogP contribution < -0.4 is 9.64 Å². The van der Waals surface area contributed by atoms with Crippen molar-refractivity contribution in [3.63, 3.8) is 0 Å². The van der Waals surface area contributed by atoms with Crippen LogP contribution in [0.2, 0.25) is 0 Å². The van der Waals surface area contributed by atoms with Gasteiger partial charge in [-0.05, 0) is 67.5 Å². The van der Waals surface area contributed by atoms with Crippen molar-refractivity contribution in [3.8, 4) is 5.75 Å². The number of anilines is 1. The van der Waals surface area contributed by atoms with Gasteiger partial charge in [0.2, 0.25) is 11.8 Å². The molecule has 0 radical (unpaired) electrons. The van der Waals surface area contributed by atoms with Crippen molar-refractivity contribution in [1.29, 1.82) is 0 Å². The Morgan fingerprint density at radius 2 is 1.44 bits per heavy atom. The summed E-state index contributed by atoms with van der Waals surface area (Å²) in [6.45, 7) is 0. The quantitative estimate of drug-likeness (QED) is 0.477. The summed E-state index contributed by atoms with van der Waals surface area (Å²) < 4.78 is 5.32. The molecule has 2 saturated carbocycles. The summed E-state index contributed by atoms with van der Waals surface area (Å²) in [7, 11) is 0. The van der Waals surface area contributed by atoms with E-state index in [1.807, 2.05) is 6.07 Å². The molecule has 2 aliphatic carbocycles. The summed E-state index contributed by atoms with van der Waals surface area (Å²) in [6.07, 6.45) is 3.14. The Labute approximate surface area is 156 Å². The standard InChI is InChI=1S/C22H19NO4/c24-20-18-14-6-7-15(12-14)19(18)21(25)23(20)16-10-8-13(9-11-16)22(26)27-17-4-2-1-3-5-17/h1-5,8-11,14-15,18-19H,6-7,12H2/t14-,15-,18-,19+/m1/s1. The molecule has 3 fully saturated rings. The van der Waals surface area contributed by atoms with Crippen molar-refractivity contribution in [2.45, 2.75) is 19.3 Å². The molecule has 5 nitrogen and oxygen atoms in total. The number of hydrogen-bond donors (Lipinski definition) is 0. The molecular formula is C22H19NO4. The predicted octanol–water partition coefficient (Wildman–Crippen LogP) is 3.44. The van der Waals surface area contributed by atoms with E-state index in [9.17, 15) is 14.4 Å². The maximum absolute atomic E-state index is 12.9. The average Bonchev–Trinajstić information content (AvgIpc) is 3.37. The van der Waals surface area contributed by atoms with Gasteiger partial charge in [0.15, 0.2) is 0 Å². The van der Waals surface area contributed by atoms with Gasteiger partial charge in [0.1, 0.15) is 5.75 Å². The lowest BCUT2D eigenvalue weighted by molar-refractivity contribution is -0.123. The van der Waals surface area contributed by atoms with Gasteiger partial charge in [-0.2, -0.15) is 0 Å². The molecule has 0 N–H and O–H groups in total. The monoisotopic (exact) mass is 361 g/mol. The van der Waals surface area contributed by atoms with Crippen LogP contribution in [0.15, 0.2) is 54.6 Å². The number of carbonyl (C=O) groups excluding carboxylic acids is 3. The first-order valence-corrected chi connectivity index (χ1v) is 9.38. The van der Waals surface area contributed by atoms with E-state index in [0.29, 0.717) is 28.8 Å². The Morgan fingerprint density at radius 3 is 2.04 bits per heavy atom. The summed E-state index contributed by atoms with van der Waals surface area (Å²) in [5, 5.41) is 0. The largest absolute Gasteiger partial charge is 0.423 e. The smallest absolute Gasteiger partial charge is 0.343 e. The molecule has 1 saturated heterocycles. The maximum atomic E-state index is 12.9.